The average Bonchev–Trinajstić information content (AvgIpc) is 2.45. The van der Waals surface area contributed by atoms with E-state index in [9.17, 15) is 0 Å². The van der Waals surface area contributed by atoms with Crippen LogP contribution in [0.1, 0.15) is 29.7 Å². The summed E-state index contributed by atoms with van der Waals surface area (Å²) in [6.07, 6.45) is 0. The standard InChI is InChI=1S/C18H24N2/c1-4-20(17-7-5-6-15(3)12-17)13-18(19)16-10-8-14(2)9-11-16/h5-12,18H,4,13,19H2,1-3H3. The van der Waals surface area contributed by atoms with Gasteiger partial charge < -0.3 is 10.6 Å². The minimum Gasteiger partial charge on any atom is -0.370 e. The molecule has 0 saturated carbocycles. The number of benzene rings is 2. The van der Waals surface area contributed by atoms with Gasteiger partial charge in [-0.2, -0.15) is 0 Å². The third-order valence-electron chi connectivity index (χ3n) is 3.67. The molecule has 0 aliphatic heterocycles. The van der Waals surface area contributed by atoms with Crippen molar-refractivity contribution in [3.8, 4) is 0 Å². The van der Waals surface area contributed by atoms with Gasteiger partial charge in [0.25, 0.3) is 0 Å². The predicted octanol–water partition coefficient (Wildman–Crippen LogP) is 3.83. The lowest BCUT2D eigenvalue weighted by Crippen LogP contribution is -2.32. The van der Waals surface area contributed by atoms with E-state index in [0.717, 1.165) is 13.1 Å². The molecule has 2 heteroatoms. The average molecular weight is 268 g/mol. The number of anilines is 1. The molecule has 2 rings (SSSR count). The van der Waals surface area contributed by atoms with Crippen LogP contribution in [0.3, 0.4) is 0 Å². The van der Waals surface area contributed by atoms with Crippen molar-refractivity contribution in [1.82, 2.24) is 0 Å². The van der Waals surface area contributed by atoms with E-state index >= 15 is 0 Å². The molecule has 0 radical (unpaired) electrons. The van der Waals surface area contributed by atoms with Crippen LogP contribution < -0.4 is 10.6 Å². The zero-order valence-electron chi connectivity index (χ0n) is 12.6. The number of hydrogen-bond acceptors (Lipinski definition) is 2. The highest BCUT2D eigenvalue weighted by Crippen LogP contribution is 2.19. The topological polar surface area (TPSA) is 29.3 Å². The first kappa shape index (κ1) is 14.6. The molecule has 2 aromatic rings. The van der Waals surface area contributed by atoms with Gasteiger partial charge >= 0.3 is 0 Å². The normalized spacial score (nSPS) is 12.2. The molecular formula is C18H24N2. The second kappa shape index (κ2) is 6.58. The SMILES string of the molecule is CCN(CC(N)c1ccc(C)cc1)c1cccc(C)c1. The summed E-state index contributed by atoms with van der Waals surface area (Å²) in [4.78, 5) is 2.33. The summed E-state index contributed by atoms with van der Waals surface area (Å²) in [6, 6.07) is 17.1. The largest absolute Gasteiger partial charge is 0.370 e. The molecule has 0 amide bonds. The Morgan fingerprint density at radius 3 is 2.30 bits per heavy atom. The Balaban J connectivity index is 2.11. The summed E-state index contributed by atoms with van der Waals surface area (Å²) in [5.74, 6) is 0. The van der Waals surface area contributed by atoms with Crippen LogP contribution in [0, 0.1) is 13.8 Å². The van der Waals surface area contributed by atoms with E-state index in [-0.39, 0.29) is 6.04 Å². The summed E-state index contributed by atoms with van der Waals surface area (Å²) in [5.41, 5.74) is 11.3. The van der Waals surface area contributed by atoms with Crippen LogP contribution >= 0.6 is 0 Å². The van der Waals surface area contributed by atoms with Gasteiger partial charge in [0, 0.05) is 24.8 Å². The van der Waals surface area contributed by atoms with Gasteiger partial charge in [-0.05, 0) is 44.0 Å². The summed E-state index contributed by atoms with van der Waals surface area (Å²) < 4.78 is 0. The molecule has 20 heavy (non-hydrogen) atoms. The first-order chi connectivity index (χ1) is 9.60. The molecular weight excluding hydrogens is 244 g/mol. The Morgan fingerprint density at radius 1 is 1.00 bits per heavy atom. The van der Waals surface area contributed by atoms with Gasteiger partial charge in [-0.1, -0.05) is 42.0 Å². The molecule has 2 nitrogen and oxygen atoms in total. The van der Waals surface area contributed by atoms with Crippen LogP contribution in [0.5, 0.6) is 0 Å². The number of nitrogens with zero attached hydrogens (tertiary/aromatic N) is 1. The molecule has 0 aromatic heterocycles. The maximum atomic E-state index is 6.36. The highest BCUT2D eigenvalue weighted by Gasteiger charge is 2.11. The van der Waals surface area contributed by atoms with Gasteiger partial charge in [0.05, 0.1) is 0 Å². The highest BCUT2D eigenvalue weighted by atomic mass is 15.1. The Labute approximate surface area is 122 Å². The van der Waals surface area contributed by atoms with Crippen molar-refractivity contribution in [3.05, 3.63) is 65.2 Å². The lowest BCUT2D eigenvalue weighted by atomic mass is 10.0. The highest BCUT2D eigenvalue weighted by molar-refractivity contribution is 5.48. The maximum absolute atomic E-state index is 6.36. The molecule has 0 bridgehead atoms. The lowest BCUT2D eigenvalue weighted by Gasteiger charge is -2.27. The monoisotopic (exact) mass is 268 g/mol. The van der Waals surface area contributed by atoms with Crippen LogP contribution in [-0.4, -0.2) is 13.1 Å². The molecule has 1 atom stereocenters. The molecule has 2 N–H and O–H groups in total. The fourth-order valence-corrected chi connectivity index (χ4v) is 2.40. The van der Waals surface area contributed by atoms with E-state index in [1.54, 1.807) is 0 Å². The van der Waals surface area contributed by atoms with Crippen molar-refractivity contribution in [1.29, 1.82) is 0 Å². The van der Waals surface area contributed by atoms with Gasteiger partial charge in [0.1, 0.15) is 0 Å². The number of likely N-dealkylation sites (N-methyl/N-ethyl adjacent to an activating group) is 1. The van der Waals surface area contributed by atoms with Gasteiger partial charge in [0.2, 0.25) is 0 Å². The first-order valence-corrected chi connectivity index (χ1v) is 7.24. The zero-order chi connectivity index (χ0) is 14.5. The van der Waals surface area contributed by atoms with Crippen molar-refractivity contribution >= 4 is 5.69 Å². The van der Waals surface area contributed by atoms with Gasteiger partial charge in [-0.3, -0.25) is 0 Å². The molecule has 106 valence electrons. The summed E-state index contributed by atoms with van der Waals surface area (Å²) in [5, 5.41) is 0. The van der Waals surface area contributed by atoms with Gasteiger partial charge in [-0.15, -0.1) is 0 Å². The van der Waals surface area contributed by atoms with Gasteiger partial charge in [0.15, 0.2) is 0 Å². The Hall–Kier alpha value is -1.80. The molecule has 0 aliphatic rings. The van der Waals surface area contributed by atoms with Crippen molar-refractivity contribution < 1.29 is 0 Å². The minimum atomic E-state index is 0.0380. The maximum Gasteiger partial charge on any atom is 0.0473 e. The number of aryl methyl sites for hydroxylation is 2. The smallest absolute Gasteiger partial charge is 0.0473 e. The second-order valence-corrected chi connectivity index (χ2v) is 5.39. The van der Waals surface area contributed by atoms with E-state index in [2.05, 4.69) is 74.2 Å². The van der Waals surface area contributed by atoms with E-state index in [1.807, 2.05) is 0 Å². The van der Waals surface area contributed by atoms with E-state index < -0.39 is 0 Å². The van der Waals surface area contributed by atoms with Crippen LogP contribution in [0.2, 0.25) is 0 Å². The lowest BCUT2D eigenvalue weighted by molar-refractivity contribution is 0.676. The van der Waals surface area contributed by atoms with Gasteiger partial charge in [-0.25, -0.2) is 0 Å². The predicted molar refractivity (Wildman–Crippen MR) is 87.2 cm³/mol. The summed E-state index contributed by atoms with van der Waals surface area (Å²) in [7, 11) is 0. The zero-order valence-corrected chi connectivity index (χ0v) is 12.6. The molecule has 0 spiro atoms. The number of nitrogens with two attached hydrogens (primary N) is 1. The van der Waals surface area contributed by atoms with Crippen molar-refractivity contribution in [3.63, 3.8) is 0 Å². The third-order valence-corrected chi connectivity index (χ3v) is 3.67. The fraction of sp³-hybridized carbons (Fsp3) is 0.333. The summed E-state index contributed by atoms with van der Waals surface area (Å²) >= 11 is 0. The molecule has 0 fully saturated rings. The first-order valence-electron chi connectivity index (χ1n) is 7.24. The van der Waals surface area contributed by atoms with Crippen molar-refractivity contribution in [2.75, 3.05) is 18.0 Å². The Kier molecular flexibility index (Phi) is 4.80. The Bertz CT molecular complexity index is 546. The molecule has 2 aromatic carbocycles. The number of rotatable bonds is 5. The quantitative estimate of drug-likeness (QED) is 0.893. The van der Waals surface area contributed by atoms with Crippen LogP contribution in [-0.2, 0) is 0 Å². The number of hydrogen-bond donors (Lipinski definition) is 1. The molecule has 0 saturated heterocycles. The fourth-order valence-electron chi connectivity index (χ4n) is 2.40. The molecule has 0 aliphatic carbocycles. The van der Waals surface area contributed by atoms with E-state index in [0.29, 0.717) is 0 Å². The minimum absolute atomic E-state index is 0.0380. The second-order valence-electron chi connectivity index (χ2n) is 5.39. The Morgan fingerprint density at radius 2 is 1.70 bits per heavy atom. The van der Waals surface area contributed by atoms with Crippen LogP contribution in [0.4, 0.5) is 5.69 Å². The molecule has 1 unspecified atom stereocenters. The van der Waals surface area contributed by atoms with Crippen molar-refractivity contribution in [2.24, 2.45) is 5.73 Å². The van der Waals surface area contributed by atoms with Crippen LogP contribution in [0.15, 0.2) is 48.5 Å². The third kappa shape index (κ3) is 3.61. The van der Waals surface area contributed by atoms with Crippen LogP contribution in [0.25, 0.3) is 0 Å². The molecule has 0 heterocycles. The summed E-state index contributed by atoms with van der Waals surface area (Å²) in [6.45, 7) is 8.19. The van der Waals surface area contributed by atoms with E-state index in [1.165, 1.54) is 22.4 Å². The van der Waals surface area contributed by atoms with Crippen molar-refractivity contribution in [2.45, 2.75) is 26.8 Å². The van der Waals surface area contributed by atoms with E-state index in [4.69, 9.17) is 5.73 Å².